The minimum atomic E-state index is -0.154. The third kappa shape index (κ3) is 4.60. The highest BCUT2D eigenvalue weighted by molar-refractivity contribution is 5.82. The van der Waals surface area contributed by atoms with E-state index in [1.807, 2.05) is 17.4 Å². The van der Waals surface area contributed by atoms with Crippen molar-refractivity contribution in [3.63, 3.8) is 0 Å². The Morgan fingerprint density at radius 1 is 1.19 bits per heavy atom. The van der Waals surface area contributed by atoms with Crippen LogP contribution in [0.2, 0.25) is 0 Å². The summed E-state index contributed by atoms with van der Waals surface area (Å²) in [4.78, 5) is 27.7. The van der Waals surface area contributed by atoms with Gasteiger partial charge in [0, 0.05) is 56.7 Å². The van der Waals surface area contributed by atoms with Crippen molar-refractivity contribution in [3.8, 4) is 0 Å². The summed E-state index contributed by atoms with van der Waals surface area (Å²) < 4.78 is 8.81. The van der Waals surface area contributed by atoms with Crippen molar-refractivity contribution >= 4 is 22.5 Å². The number of hydrogen-bond donors (Lipinski definition) is 1. The smallest absolute Gasteiger partial charge is 0.291 e. The van der Waals surface area contributed by atoms with Crippen LogP contribution in [-0.4, -0.2) is 50.2 Å². The third-order valence-corrected chi connectivity index (χ3v) is 6.75. The molecule has 1 aliphatic heterocycles. The first kappa shape index (κ1) is 22.6. The zero-order valence-electron chi connectivity index (χ0n) is 19.5. The van der Waals surface area contributed by atoms with Crippen molar-refractivity contribution in [2.75, 3.05) is 13.1 Å². The summed E-state index contributed by atoms with van der Waals surface area (Å²) in [5.74, 6) is 0.844. The number of hydrogen-bond acceptors (Lipinski definition) is 5. The van der Waals surface area contributed by atoms with Gasteiger partial charge in [-0.15, -0.1) is 0 Å². The molecule has 0 spiro atoms. The van der Waals surface area contributed by atoms with E-state index >= 15 is 0 Å². The average molecular weight is 442 g/mol. The molecule has 3 aromatic heterocycles. The van der Waals surface area contributed by atoms with Gasteiger partial charge < -0.3 is 9.73 Å². The molecule has 8 nitrogen and oxygen atoms in total. The first-order chi connectivity index (χ1) is 15.5. The summed E-state index contributed by atoms with van der Waals surface area (Å²) >= 11 is 0. The lowest BCUT2D eigenvalue weighted by Crippen LogP contribution is -2.44. The third-order valence-electron chi connectivity index (χ3n) is 6.75. The van der Waals surface area contributed by atoms with Gasteiger partial charge in [0.25, 0.3) is 5.56 Å². The van der Waals surface area contributed by atoms with E-state index in [1.165, 1.54) is 23.9 Å². The second kappa shape index (κ2) is 9.90. The summed E-state index contributed by atoms with van der Waals surface area (Å²) in [6.45, 7) is 8.77. The highest BCUT2D eigenvalue weighted by Gasteiger charge is 2.23. The molecule has 1 amide bonds. The van der Waals surface area contributed by atoms with Crippen LogP contribution in [0.25, 0.3) is 16.6 Å². The Morgan fingerprint density at radius 2 is 1.97 bits per heavy atom. The summed E-state index contributed by atoms with van der Waals surface area (Å²) in [7, 11) is 0. The fourth-order valence-electron chi connectivity index (χ4n) is 4.99. The number of carbonyl (C=O) groups is 1. The van der Waals surface area contributed by atoms with E-state index in [4.69, 9.17) is 4.42 Å². The first-order valence-corrected chi connectivity index (χ1v) is 12.0. The van der Waals surface area contributed by atoms with Gasteiger partial charge in [-0.3, -0.25) is 18.9 Å². The van der Waals surface area contributed by atoms with Crippen LogP contribution >= 0.6 is 0 Å². The molecule has 2 atom stereocenters. The molecule has 1 saturated heterocycles. The molecule has 8 heteroatoms. The largest absolute Gasteiger partial charge is 0.463 e. The molecule has 0 aliphatic carbocycles. The minimum Gasteiger partial charge on any atom is -0.463 e. The molecular formula is C24H35N5O3. The summed E-state index contributed by atoms with van der Waals surface area (Å²) in [5, 5.41) is 7.58. The number of fused-ring (bicyclic) bond motifs is 3. The van der Waals surface area contributed by atoms with Crippen LogP contribution in [0.4, 0.5) is 0 Å². The predicted octanol–water partition coefficient (Wildman–Crippen LogP) is 3.35. The second-order valence-corrected chi connectivity index (χ2v) is 9.01. The average Bonchev–Trinajstić information content (AvgIpc) is 3.36. The van der Waals surface area contributed by atoms with Crippen molar-refractivity contribution in [1.82, 2.24) is 24.4 Å². The van der Waals surface area contributed by atoms with E-state index < -0.39 is 0 Å². The number of aromatic nitrogens is 3. The predicted molar refractivity (Wildman–Crippen MR) is 125 cm³/mol. The van der Waals surface area contributed by atoms with Gasteiger partial charge in [0.15, 0.2) is 5.58 Å². The van der Waals surface area contributed by atoms with Crippen LogP contribution in [0.15, 0.2) is 27.6 Å². The molecule has 32 heavy (non-hydrogen) atoms. The molecule has 4 heterocycles. The molecule has 3 aromatic rings. The Morgan fingerprint density at radius 3 is 2.72 bits per heavy atom. The van der Waals surface area contributed by atoms with Crippen LogP contribution in [0.3, 0.4) is 0 Å². The lowest BCUT2D eigenvalue weighted by Gasteiger charge is -2.39. The van der Waals surface area contributed by atoms with Crippen LogP contribution in [0, 0.1) is 0 Å². The van der Waals surface area contributed by atoms with E-state index in [0.29, 0.717) is 55.5 Å². The van der Waals surface area contributed by atoms with Crippen LogP contribution in [-0.2, 0) is 17.8 Å². The van der Waals surface area contributed by atoms with Crippen molar-refractivity contribution in [2.45, 2.75) is 84.3 Å². The van der Waals surface area contributed by atoms with Gasteiger partial charge >= 0.3 is 0 Å². The molecule has 0 radical (unpaired) electrons. The highest BCUT2D eigenvalue weighted by Crippen LogP contribution is 2.22. The Hall–Kier alpha value is -2.61. The highest BCUT2D eigenvalue weighted by atomic mass is 16.3. The molecule has 0 bridgehead atoms. The van der Waals surface area contributed by atoms with Crippen molar-refractivity contribution in [3.05, 3.63) is 34.6 Å². The molecule has 4 rings (SSSR count). The molecule has 0 aromatic carbocycles. The van der Waals surface area contributed by atoms with E-state index in [1.54, 1.807) is 12.3 Å². The monoisotopic (exact) mass is 441 g/mol. The number of carbonyl (C=O) groups excluding carboxylic acids is 1. The van der Waals surface area contributed by atoms with Gasteiger partial charge in [0.1, 0.15) is 11.3 Å². The maximum absolute atomic E-state index is 12.9. The number of aryl methyl sites for hydroxylation is 2. The fraction of sp³-hybridized carbons (Fsp3) is 0.625. The van der Waals surface area contributed by atoms with Crippen molar-refractivity contribution < 1.29 is 9.21 Å². The Bertz CT molecular complexity index is 1120. The van der Waals surface area contributed by atoms with E-state index in [0.717, 1.165) is 24.3 Å². The second-order valence-electron chi connectivity index (χ2n) is 9.01. The number of nitrogens with zero attached hydrogens (tertiary/aromatic N) is 4. The molecule has 1 fully saturated rings. The number of amides is 1. The van der Waals surface area contributed by atoms with Gasteiger partial charge in [-0.05, 0) is 39.5 Å². The van der Waals surface area contributed by atoms with Crippen LogP contribution < -0.4 is 10.9 Å². The zero-order valence-corrected chi connectivity index (χ0v) is 19.5. The minimum absolute atomic E-state index is 0.0368. The Kier molecular flexibility index (Phi) is 6.98. The summed E-state index contributed by atoms with van der Waals surface area (Å²) in [6.07, 6.45) is 8.10. The lowest BCUT2D eigenvalue weighted by molar-refractivity contribution is -0.121. The number of nitrogens with one attached hydrogen (secondary N) is 1. The molecule has 0 saturated carbocycles. The number of rotatable bonds is 9. The molecule has 174 valence electrons. The molecular weight excluding hydrogens is 406 g/mol. The standard InChI is InChI=1S/C24H35N5O3/c1-4-22-26-28(24(31)20-16-21-19(29(20)22)11-15-32-21)14-6-10-23(30)25-12-7-13-27-17(2)8-5-9-18(27)3/h11,15-18H,4-10,12-14H2,1-3H3,(H,25,30)/t17-,18-/m1/s1. The first-order valence-electron chi connectivity index (χ1n) is 12.0. The van der Waals surface area contributed by atoms with Gasteiger partial charge in [-0.2, -0.15) is 5.10 Å². The zero-order chi connectivity index (χ0) is 22.7. The van der Waals surface area contributed by atoms with Gasteiger partial charge in [0.2, 0.25) is 5.91 Å². The van der Waals surface area contributed by atoms with E-state index in [-0.39, 0.29) is 11.5 Å². The Balaban J connectivity index is 1.27. The van der Waals surface area contributed by atoms with Gasteiger partial charge in [0.05, 0.1) is 11.8 Å². The van der Waals surface area contributed by atoms with Crippen LogP contribution in [0.1, 0.15) is 65.1 Å². The SMILES string of the molecule is CCc1nn(CCCC(=O)NCCCN2[C@H](C)CCC[C@H]2C)c(=O)c2cc3occc3n12. The van der Waals surface area contributed by atoms with Crippen molar-refractivity contribution in [2.24, 2.45) is 0 Å². The number of furan rings is 1. The number of likely N-dealkylation sites (tertiary alicyclic amines) is 1. The quantitative estimate of drug-likeness (QED) is 0.515. The fourth-order valence-corrected chi connectivity index (χ4v) is 4.99. The maximum Gasteiger partial charge on any atom is 0.291 e. The molecule has 1 N–H and O–H groups in total. The topological polar surface area (TPSA) is 84.8 Å². The molecule has 1 aliphatic rings. The number of piperidine rings is 1. The van der Waals surface area contributed by atoms with Gasteiger partial charge in [-0.25, -0.2) is 4.68 Å². The van der Waals surface area contributed by atoms with Gasteiger partial charge in [-0.1, -0.05) is 13.3 Å². The summed E-state index contributed by atoms with van der Waals surface area (Å²) in [6, 6.07) is 4.89. The normalized spacial score (nSPS) is 19.7. The van der Waals surface area contributed by atoms with Crippen LogP contribution in [0.5, 0.6) is 0 Å². The van der Waals surface area contributed by atoms with E-state index in [9.17, 15) is 9.59 Å². The van der Waals surface area contributed by atoms with E-state index in [2.05, 4.69) is 29.2 Å². The van der Waals surface area contributed by atoms with Crippen molar-refractivity contribution in [1.29, 1.82) is 0 Å². The Labute approximate surface area is 188 Å². The maximum atomic E-state index is 12.9. The molecule has 0 unspecified atom stereocenters. The lowest BCUT2D eigenvalue weighted by atomic mass is 9.97. The summed E-state index contributed by atoms with van der Waals surface area (Å²) in [5.41, 5.74) is 1.96.